The lowest BCUT2D eigenvalue weighted by Crippen LogP contribution is -2.47. The fourth-order valence-corrected chi connectivity index (χ4v) is 2.38. The quantitative estimate of drug-likeness (QED) is 0.781. The highest BCUT2D eigenvalue weighted by Crippen LogP contribution is 2.29. The third kappa shape index (κ3) is 3.21. The van der Waals surface area contributed by atoms with Crippen molar-refractivity contribution in [3.05, 3.63) is 48.8 Å². The summed E-state index contributed by atoms with van der Waals surface area (Å²) >= 11 is 0. The standard InChI is InChI=1S/C17H18N4O2/c1-3-4-9-18-14-11-20-16(17(22)21(14)13-6-7-13)12-5-8-15(23-2)19-10-12/h3-5,8-10,13H,1,6-7,11H2,2H3/b9-4-,18-14?. The van der Waals surface area contributed by atoms with E-state index in [2.05, 4.69) is 21.5 Å². The van der Waals surface area contributed by atoms with Crippen molar-refractivity contribution in [2.24, 2.45) is 9.98 Å². The van der Waals surface area contributed by atoms with Crippen LogP contribution in [0.15, 0.2) is 53.2 Å². The smallest absolute Gasteiger partial charge is 0.278 e. The number of amides is 1. The molecule has 6 nitrogen and oxygen atoms in total. The molecule has 0 bridgehead atoms. The van der Waals surface area contributed by atoms with E-state index in [-0.39, 0.29) is 11.9 Å². The zero-order valence-corrected chi connectivity index (χ0v) is 13.0. The molecule has 1 aliphatic heterocycles. The maximum atomic E-state index is 12.8. The third-order valence-electron chi connectivity index (χ3n) is 3.65. The zero-order chi connectivity index (χ0) is 16.2. The van der Waals surface area contributed by atoms with Crippen LogP contribution in [0.4, 0.5) is 0 Å². The molecule has 118 valence electrons. The Bertz CT molecular complexity index is 700. The molecule has 0 aromatic carbocycles. The van der Waals surface area contributed by atoms with Gasteiger partial charge in [0.05, 0.1) is 13.7 Å². The molecule has 0 saturated heterocycles. The van der Waals surface area contributed by atoms with E-state index in [0.717, 1.165) is 12.8 Å². The van der Waals surface area contributed by atoms with E-state index in [4.69, 9.17) is 4.74 Å². The van der Waals surface area contributed by atoms with Crippen LogP contribution in [0.2, 0.25) is 0 Å². The van der Waals surface area contributed by atoms with Crippen molar-refractivity contribution in [2.45, 2.75) is 18.9 Å². The lowest BCUT2D eigenvalue weighted by molar-refractivity contribution is -0.121. The Morgan fingerprint density at radius 3 is 2.87 bits per heavy atom. The predicted octanol–water partition coefficient (Wildman–Crippen LogP) is 1.98. The summed E-state index contributed by atoms with van der Waals surface area (Å²) in [5.74, 6) is 1.07. The van der Waals surface area contributed by atoms with E-state index >= 15 is 0 Å². The molecule has 2 aliphatic rings. The van der Waals surface area contributed by atoms with Gasteiger partial charge in [0.1, 0.15) is 11.5 Å². The van der Waals surface area contributed by atoms with Gasteiger partial charge in [-0.15, -0.1) is 0 Å². The van der Waals surface area contributed by atoms with Crippen LogP contribution in [0.25, 0.3) is 0 Å². The maximum absolute atomic E-state index is 12.8. The number of carbonyl (C=O) groups is 1. The minimum Gasteiger partial charge on any atom is -0.481 e. The summed E-state index contributed by atoms with van der Waals surface area (Å²) < 4.78 is 5.04. The fraction of sp³-hybridized carbons (Fsp3) is 0.294. The van der Waals surface area contributed by atoms with E-state index in [1.807, 2.05) is 0 Å². The van der Waals surface area contributed by atoms with Crippen LogP contribution >= 0.6 is 0 Å². The summed E-state index contributed by atoms with van der Waals surface area (Å²) in [6.45, 7) is 3.99. The van der Waals surface area contributed by atoms with Gasteiger partial charge in [-0.1, -0.05) is 12.7 Å². The first-order valence-corrected chi connectivity index (χ1v) is 7.47. The number of hydrogen-bond donors (Lipinski definition) is 0. The van der Waals surface area contributed by atoms with Gasteiger partial charge in [-0.3, -0.25) is 14.7 Å². The molecule has 6 heteroatoms. The molecular formula is C17H18N4O2. The van der Waals surface area contributed by atoms with Gasteiger partial charge in [0.2, 0.25) is 5.88 Å². The highest BCUT2D eigenvalue weighted by molar-refractivity contribution is 6.48. The normalized spacial score (nSPS) is 20.0. The number of allylic oxidation sites excluding steroid dienone is 2. The second kappa shape index (κ2) is 6.56. The predicted molar refractivity (Wildman–Crippen MR) is 88.8 cm³/mol. The molecule has 0 unspecified atom stereocenters. The Kier molecular flexibility index (Phi) is 4.32. The Morgan fingerprint density at radius 1 is 1.43 bits per heavy atom. The van der Waals surface area contributed by atoms with Crippen molar-refractivity contribution in [1.82, 2.24) is 9.88 Å². The lowest BCUT2D eigenvalue weighted by atomic mass is 10.1. The van der Waals surface area contributed by atoms with Crippen molar-refractivity contribution >= 4 is 17.5 Å². The minimum atomic E-state index is -0.114. The average Bonchev–Trinajstić information content (AvgIpc) is 3.40. The topological polar surface area (TPSA) is 67.2 Å². The lowest BCUT2D eigenvalue weighted by Gasteiger charge is -2.27. The molecule has 0 radical (unpaired) electrons. The number of rotatable bonds is 5. The van der Waals surface area contributed by atoms with Gasteiger partial charge in [0, 0.05) is 30.1 Å². The van der Waals surface area contributed by atoms with Gasteiger partial charge in [0.15, 0.2) is 0 Å². The molecule has 3 rings (SSSR count). The maximum Gasteiger partial charge on any atom is 0.278 e. The Balaban J connectivity index is 1.90. The van der Waals surface area contributed by atoms with Crippen molar-refractivity contribution in [3.8, 4) is 5.88 Å². The van der Waals surface area contributed by atoms with Crippen LogP contribution < -0.4 is 4.74 Å². The summed E-state index contributed by atoms with van der Waals surface area (Å²) in [6, 6.07) is 3.76. The Hall–Kier alpha value is -2.76. The van der Waals surface area contributed by atoms with Crippen molar-refractivity contribution in [2.75, 3.05) is 13.7 Å². The molecule has 0 spiro atoms. The monoisotopic (exact) mass is 310 g/mol. The van der Waals surface area contributed by atoms with Gasteiger partial charge in [-0.25, -0.2) is 9.98 Å². The summed E-state index contributed by atoms with van der Waals surface area (Å²) in [4.78, 5) is 27.5. The largest absolute Gasteiger partial charge is 0.481 e. The number of methoxy groups -OCH3 is 1. The minimum absolute atomic E-state index is 0.114. The molecule has 1 aliphatic carbocycles. The van der Waals surface area contributed by atoms with Gasteiger partial charge in [0.25, 0.3) is 5.91 Å². The third-order valence-corrected chi connectivity index (χ3v) is 3.65. The van der Waals surface area contributed by atoms with Crippen LogP contribution in [0.3, 0.4) is 0 Å². The second-order valence-electron chi connectivity index (χ2n) is 5.28. The SMILES string of the molecule is C=C/C=C\N=C1CN=C(c2ccc(OC)nc2)C(=O)N1C1CC1. The summed E-state index contributed by atoms with van der Waals surface area (Å²) in [7, 11) is 1.56. The highest BCUT2D eigenvalue weighted by atomic mass is 16.5. The van der Waals surface area contributed by atoms with Gasteiger partial charge < -0.3 is 4.74 Å². The first-order chi connectivity index (χ1) is 11.2. The van der Waals surface area contributed by atoms with Gasteiger partial charge in [-0.2, -0.15) is 0 Å². The van der Waals surface area contributed by atoms with E-state index in [1.165, 1.54) is 0 Å². The average molecular weight is 310 g/mol. The second-order valence-corrected chi connectivity index (χ2v) is 5.28. The van der Waals surface area contributed by atoms with Crippen molar-refractivity contribution < 1.29 is 9.53 Å². The van der Waals surface area contributed by atoms with Crippen molar-refractivity contribution in [3.63, 3.8) is 0 Å². The molecule has 1 fully saturated rings. The van der Waals surface area contributed by atoms with Crippen LogP contribution in [0.1, 0.15) is 18.4 Å². The summed E-state index contributed by atoms with van der Waals surface area (Å²) in [5, 5.41) is 0. The fourth-order valence-electron chi connectivity index (χ4n) is 2.38. The first-order valence-electron chi connectivity index (χ1n) is 7.47. The summed E-state index contributed by atoms with van der Waals surface area (Å²) in [6.07, 6.45) is 8.64. The number of carbonyl (C=O) groups excluding carboxylic acids is 1. The summed E-state index contributed by atoms with van der Waals surface area (Å²) in [5.41, 5.74) is 1.13. The molecule has 0 atom stereocenters. The van der Waals surface area contributed by atoms with Crippen LogP contribution in [0.5, 0.6) is 5.88 Å². The molecule has 1 saturated carbocycles. The molecule has 2 heterocycles. The molecule has 1 aromatic heterocycles. The molecule has 1 aromatic rings. The van der Waals surface area contributed by atoms with Crippen LogP contribution in [-0.4, -0.2) is 47.0 Å². The molecule has 23 heavy (non-hydrogen) atoms. The van der Waals surface area contributed by atoms with Crippen LogP contribution in [0, 0.1) is 0 Å². The Labute approximate surface area is 134 Å². The molecule has 0 N–H and O–H groups in total. The van der Waals surface area contributed by atoms with E-state index in [9.17, 15) is 4.79 Å². The first kappa shape index (κ1) is 15.1. The number of amidine groups is 1. The number of aromatic nitrogens is 1. The van der Waals surface area contributed by atoms with E-state index in [1.54, 1.807) is 48.7 Å². The number of hydrogen-bond acceptors (Lipinski definition) is 5. The van der Waals surface area contributed by atoms with Gasteiger partial charge >= 0.3 is 0 Å². The van der Waals surface area contributed by atoms with E-state index < -0.39 is 0 Å². The number of nitrogens with zero attached hydrogens (tertiary/aromatic N) is 4. The zero-order valence-electron chi connectivity index (χ0n) is 13.0. The highest BCUT2D eigenvalue weighted by Gasteiger charge is 2.39. The van der Waals surface area contributed by atoms with Crippen LogP contribution in [-0.2, 0) is 4.79 Å². The van der Waals surface area contributed by atoms with Crippen molar-refractivity contribution in [1.29, 1.82) is 0 Å². The molecular weight excluding hydrogens is 292 g/mol. The Morgan fingerprint density at radius 2 is 2.26 bits per heavy atom. The molecule has 1 amide bonds. The van der Waals surface area contributed by atoms with Gasteiger partial charge in [-0.05, 0) is 25.0 Å². The van der Waals surface area contributed by atoms with E-state index in [0.29, 0.717) is 29.5 Å². The number of pyridine rings is 1. The number of aliphatic imine (C=N–C) groups is 2. The number of ether oxygens (including phenoxy) is 1.